The summed E-state index contributed by atoms with van der Waals surface area (Å²) in [6.45, 7) is 1.34. The summed E-state index contributed by atoms with van der Waals surface area (Å²) < 4.78 is 0. The molecule has 2 aliphatic heterocycles. The number of carbonyl (C=O) groups is 3. The van der Waals surface area contributed by atoms with Crippen molar-refractivity contribution in [2.45, 2.75) is 44.6 Å². The van der Waals surface area contributed by atoms with Crippen molar-refractivity contribution in [1.82, 2.24) is 15.1 Å². The maximum Gasteiger partial charge on any atom is 0.242 e. The van der Waals surface area contributed by atoms with Crippen molar-refractivity contribution in [1.29, 1.82) is 0 Å². The molecule has 3 aliphatic rings. The summed E-state index contributed by atoms with van der Waals surface area (Å²) in [5.74, 6) is -0.649. The van der Waals surface area contributed by atoms with Crippen LogP contribution in [0.5, 0.6) is 0 Å². The van der Waals surface area contributed by atoms with E-state index in [1.165, 1.54) is 4.90 Å². The molecular formula is C16H26ClN3O3. The Hall–Kier alpha value is -1.14. The lowest BCUT2D eigenvalue weighted by atomic mass is 9.81. The van der Waals surface area contributed by atoms with E-state index in [4.69, 9.17) is 0 Å². The number of likely N-dealkylation sites (tertiary alicyclic amines) is 2. The van der Waals surface area contributed by atoms with Gasteiger partial charge in [-0.3, -0.25) is 19.3 Å². The summed E-state index contributed by atoms with van der Waals surface area (Å²) >= 11 is 0. The highest BCUT2D eigenvalue weighted by molar-refractivity contribution is 6.07. The molecule has 2 heterocycles. The maximum atomic E-state index is 12.4. The molecule has 0 aromatic carbocycles. The van der Waals surface area contributed by atoms with Gasteiger partial charge in [0.05, 0.1) is 11.8 Å². The average Bonchev–Trinajstić information content (AvgIpc) is 2.80. The first-order valence-electron chi connectivity index (χ1n) is 8.42. The minimum absolute atomic E-state index is 0. The molecular weight excluding hydrogens is 318 g/mol. The zero-order valence-electron chi connectivity index (χ0n) is 13.6. The van der Waals surface area contributed by atoms with E-state index in [2.05, 4.69) is 5.32 Å². The van der Waals surface area contributed by atoms with Gasteiger partial charge in [0, 0.05) is 19.1 Å². The van der Waals surface area contributed by atoms with Gasteiger partial charge in [0.1, 0.15) is 6.54 Å². The SMILES string of the molecule is CNC1CCN(C(=O)CN2C(=O)C3CCCCC3C2=O)CC1.Cl. The molecule has 2 saturated heterocycles. The number of halogens is 1. The summed E-state index contributed by atoms with van der Waals surface area (Å²) in [6, 6.07) is 0.460. The molecule has 3 amide bonds. The van der Waals surface area contributed by atoms with E-state index >= 15 is 0 Å². The molecule has 23 heavy (non-hydrogen) atoms. The van der Waals surface area contributed by atoms with E-state index in [9.17, 15) is 14.4 Å². The van der Waals surface area contributed by atoms with Crippen molar-refractivity contribution < 1.29 is 14.4 Å². The van der Waals surface area contributed by atoms with Crippen LogP contribution in [0.4, 0.5) is 0 Å². The van der Waals surface area contributed by atoms with Crippen LogP contribution < -0.4 is 5.32 Å². The topological polar surface area (TPSA) is 69.7 Å². The molecule has 1 N–H and O–H groups in total. The molecule has 0 aromatic heterocycles. The third kappa shape index (κ3) is 3.53. The van der Waals surface area contributed by atoms with Gasteiger partial charge in [-0.25, -0.2) is 0 Å². The fourth-order valence-electron chi connectivity index (χ4n) is 4.04. The summed E-state index contributed by atoms with van der Waals surface area (Å²) in [6.07, 6.45) is 5.48. The predicted octanol–water partition coefficient (Wildman–Crippen LogP) is 0.794. The van der Waals surface area contributed by atoms with Crippen LogP contribution >= 0.6 is 12.4 Å². The zero-order valence-corrected chi connectivity index (χ0v) is 14.4. The second-order valence-corrected chi connectivity index (χ2v) is 6.70. The molecule has 0 bridgehead atoms. The monoisotopic (exact) mass is 343 g/mol. The normalized spacial score (nSPS) is 28.6. The molecule has 7 heteroatoms. The number of fused-ring (bicyclic) bond motifs is 1. The summed E-state index contributed by atoms with van der Waals surface area (Å²) in [4.78, 5) is 40.2. The van der Waals surface area contributed by atoms with Gasteiger partial charge in [-0.1, -0.05) is 12.8 Å². The molecule has 2 atom stereocenters. The van der Waals surface area contributed by atoms with Gasteiger partial charge in [-0.2, -0.15) is 0 Å². The molecule has 0 spiro atoms. The van der Waals surface area contributed by atoms with Crippen molar-refractivity contribution in [3.05, 3.63) is 0 Å². The van der Waals surface area contributed by atoms with Gasteiger partial charge < -0.3 is 10.2 Å². The van der Waals surface area contributed by atoms with E-state index in [0.717, 1.165) is 38.5 Å². The standard InChI is InChI=1S/C16H25N3O3.ClH/c1-17-11-6-8-18(9-7-11)14(20)10-19-15(21)12-4-2-3-5-13(12)16(19)22;/h11-13,17H,2-10H2,1H3;1H. The predicted molar refractivity (Wildman–Crippen MR) is 88.1 cm³/mol. The van der Waals surface area contributed by atoms with E-state index in [-0.39, 0.29) is 48.5 Å². The maximum absolute atomic E-state index is 12.4. The molecule has 6 nitrogen and oxygen atoms in total. The number of carbonyl (C=O) groups excluding carboxylic acids is 3. The van der Waals surface area contributed by atoms with Crippen LogP contribution in [0.2, 0.25) is 0 Å². The Balaban J connectivity index is 0.00000192. The van der Waals surface area contributed by atoms with Crippen LogP contribution in [-0.2, 0) is 14.4 Å². The van der Waals surface area contributed by atoms with Crippen molar-refractivity contribution in [2.24, 2.45) is 11.8 Å². The Kier molecular flexibility index (Phi) is 6.03. The lowest BCUT2D eigenvalue weighted by Crippen LogP contribution is -2.48. The Bertz CT molecular complexity index is 453. The quantitative estimate of drug-likeness (QED) is 0.769. The van der Waals surface area contributed by atoms with Crippen molar-refractivity contribution in [3.63, 3.8) is 0 Å². The van der Waals surface area contributed by atoms with Crippen LogP contribution in [-0.4, -0.2) is 60.2 Å². The van der Waals surface area contributed by atoms with Crippen molar-refractivity contribution >= 4 is 30.1 Å². The van der Waals surface area contributed by atoms with Gasteiger partial charge in [-0.15, -0.1) is 12.4 Å². The van der Waals surface area contributed by atoms with Gasteiger partial charge in [-0.05, 0) is 32.7 Å². The van der Waals surface area contributed by atoms with Crippen molar-refractivity contribution in [3.8, 4) is 0 Å². The Morgan fingerprint density at radius 1 is 1.04 bits per heavy atom. The smallest absolute Gasteiger partial charge is 0.242 e. The van der Waals surface area contributed by atoms with Crippen molar-refractivity contribution in [2.75, 3.05) is 26.7 Å². The van der Waals surface area contributed by atoms with E-state index in [1.807, 2.05) is 7.05 Å². The first-order chi connectivity index (χ1) is 10.6. The third-order valence-electron chi connectivity index (χ3n) is 5.48. The number of rotatable bonds is 3. The van der Waals surface area contributed by atoms with E-state index in [0.29, 0.717) is 19.1 Å². The number of piperidine rings is 1. The molecule has 130 valence electrons. The van der Waals surface area contributed by atoms with Crippen LogP contribution in [0.3, 0.4) is 0 Å². The Morgan fingerprint density at radius 3 is 2.04 bits per heavy atom. The number of nitrogens with one attached hydrogen (secondary N) is 1. The molecule has 0 aromatic rings. The van der Waals surface area contributed by atoms with Gasteiger partial charge in [0.25, 0.3) is 0 Å². The van der Waals surface area contributed by atoms with Gasteiger partial charge in [0.15, 0.2) is 0 Å². The Morgan fingerprint density at radius 2 is 1.57 bits per heavy atom. The summed E-state index contributed by atoms with van der Waals surface area (Å²) in [5.41, 5.74) is 0. The first kappa shape index (κ1) is 18.2. The van der Waals surface area contributed by atoms with Crippen LogP contribution in [0.1, 0.15) is 38.5 Å². The molecule has 3 rings (SSSR count). The first-order valence-corrected chi connectivity index (χ1v) is 8.42. The molecule has 2 unspecified atom stereocenters. The summed E-state index contributed by atoms with van der Waals surface area (Å²) in [5, 5.41) is 3.23. The lowest BCUT2D eigenvalue weighted by molar-refractivity contribution is -0.147. The number of nitrogens with zero attached hydrogens (tertiary/aromatic N) is 2. The number of hydrogen-bond donors (Lipinski definition) is 1. The second-order valence-electron chi connectivity index (χ2n) is 6.70. The highest BCUT2D eigenvalue weighted by Crippen LogP contribution is 2.37. The van der Waals surface area contributed by atoms with Gasteiger partial charge >= 0.3 is 0 Å². The third-order valence-corrected chi connectivity index (χ3v) is 5.48. The minimum atomic E-state index is -0.163. The fourth-order valence-corrected chi connectivity index (χ4v) is 4.04. The van der Waals surface area contributed by atoms with Crippen LogP contribution in [0.15, 0.2) is 0 Å². The molecule has 3 fully saturated rings. The largest absolute Gasteiger partial charge is 0.341 e. The van der Waals surface area contributed by atoms with Crippen LogP contribution in [0.25, 0.3) is 0 Å². The highest BCUT2D eigenvalue weighted by atomic mass is 35.5. The summed E-state index contributed by atoms with van der Waals surface area (Å²) in [7, 11) is 1.94. The molecule has 1 aliphatic carbocycles. The number of amides is 3. The fraction of sp³-hybridized carbons (Fsp3) is 0.812. The molecule has 1 saturated carbocycles. The van der Waals surface area contributed by atoms with E-state index < -0.39 is 0 Å². The van der Waals surface area contributed by atoms with Crippen LogP contribution in [0, 0.1) is 11.8 Å². The van der Waals surface area contributed by atoms with E-state index in [1.54, 1.807) is 4.90 Å². The second kappa shape index (κ2) is 7.62. The van der Waals surface area contributed by atoms with Gasteiger partial charge in [0.2, 0.25) is 17.7 Å². The highest BCUT2D eigenvalue weighted by Gasteiger charge is 2.48. The average molecular weight is 344 g/mol. The Labute approximate surface area is 143 Å². The molecule has 0 radical (unpaired) electrons. The number of imide groups is 1. The lowest BCUT2D eigenvalue weighted by Gasteiger charge is -2.32. The zero-order chi connectivity index (χ0) is 15.7. The minimum Gasteiger partial charge on any atom is -0.341 e. The number of hydrogen-bond acceptors (Lipinski definition) is 4.